The van der Waals surface area contributed by atoms with Crippen molar-refractivity contribution in [3.63, 3.8) is 0 Å². The average Bonchev–Trinajstić information content (AvgIpc) is 2.67. The predicted octanol–water partition coefficient (Wildman–Crippen LogP) is 1.32. The van der Waals surface area contributed by atoms with Gasteiger partial charge in [0, 0.05) is 23.0 Å². The first-order valence-electron chi connectivity index (χ1n) is 9.73. The highest BCUT2D eigenvalue weighted by Crippen LogP contribution is 2.56. The smallest absolute Gasteiger partial charge is 0.201 e. The lowest BCUT2D eigenvalue weighted by Crippen LogP contribution is -2.64. The molecular formula is C22H25NO7. The van der Waals surface area contributed by atoms with Crippen molar-refractivity contribution >= 4 is 11.6 Å². The molecular weight excluding hydrogens is 390 g/mol. The fraction of sp³-hybridized carbons (Fsp3) is 0.455. The van der Waals surface area contributed by atoms with Crippen molar-refractivity contribution in [2.75, 3.05) is 14.1 Å². The van der Waals surface area contributed by atoms with E-state index in [1.165, 1.54) is 32.0 Å². The van der Waals surface area contributed by atoms with Crippen molar-refractivity contribution in [1.29, 1.82) is 0 Å². The average molecular weight is 415 g/mol. The third kappa shape index (κ3) is 2.26. The first-order valence-corrected chi connectivity index (χ1v) is 9.73. The summed E-state index contributed by atoms with van der Waals surface area (Å²) in [6.07, 6.45) is -0.0460. The van der Waals surface area contributed by atoms with Gasteiger partial charge < -0.3 is 25.5 Å². The van der Waals surface area contributed by atoms with E-state index in [9.17, 15) is 35.1 Å². The molecule has 0 bridgehead atoms. The molecule has 8 heteroatoms. The maximum Gasteiger partial charge on any atom is 0.201 e. The van der Waals surface area contributed by atoms with E-state index in [4.69, 9.17) is 0 Å². The van der Waals surface area contributed by atoms with Crippen LogP contribution in [0.4, 0.5) is 0 Å². The summed E-state index contributed by atoms with van der Waals surface area (Å²) in [5, 5.41) is 54.9. The number of ketones is 2. The number of phenolic OH excluding ortho intramolecular Hbond substituents is 1. The van der Waals surface area contributed by atoms with Crippen molar-refractivity contribution in [2.24, 2.45) is 11.8 Å². The lowest BCUT2D eigenvalue weighted by Gasteiger charge is -2.52. The first-order chi connectivity index (χ1) is 13.9. The van der Waals surface area contributed by atoms with E-state index < -0.39 is 46.4 Å². The molecule has 4 rings (SSSR count). The topological polar surface area (TPSA) is 139 Å². The van der Waals surface area contributed by atoms with Crippen LogP contribution in [0.15, 0.2) is 40.9 Å². The number of Topliss-reactive ketones (excluding diaryl/α,β-unsaturated/α-hetero) is 2. The van der Waals surface area contributed by atoms with Crippen LogP contribution in [0.5, 0.6) is 5.75 Å². The molecule has 3 aliphatic carbocycles. The summed E-state index contributed by atoms with van der Waals surface area (Å²) >= 11 is 0. The van der Waals surface area contributed by atoms with E-state index in [1.54, 1.807) is 19.0 Å². The molecule has 0 amide bonds. The number of aromatic hydroxyl groups is 1. The molecule has 5 N–H and O–H groups in total. The number of rotatable bonds is 1. The summed E-state index contributed by atoms with van der Waals surface area (Å²) < 4.78 is 0. The molecule has 0 aliphatic heterocycles. The second-order valence-electron chi connectivity index (χ2n) is 8.85. The SMILES string of the molecule is CC1=C(O)[C@@H](N(C)C)[C@@H]2C[C@H]3C(=C(O)[C@]2(O)C1=O)C(=O)c1c(O)cccc1[C@@]3(C)O. The number of phenols is 1. The van der Waals surface area contributed by atoms with Crippen molar-refractivity contribution in [1.82, 2.24) is 4.90 Å². The van der Waals surface area contributed by atoms with Crippen molar-refractivity contribution in [2.45, 2.75) is 37.5 Å². The van der Waals surface area contributed by atoms with Crippen LogP contribution in [0.25, 0.3) is 0 Å². The number of nitrogens with zero attached hydrogens (tertiary/aromatic N) is 1. The van der Waals surface area contributed by atoms with Crippen LogP contribution in [0, 0.1) is 11.8 Å². The van der Waals surface area contributed by atoms with E-state index in [1.807, 2.05) is 0 Å². The Bertz CT molecular complexity index is 1050. The summed E-state index contributed by atoms with van der Waals surface area (Å²) in [7, 11) is 3.33. The number of hydrogen-bond acceptors (Lipinski definition) is 8. The summed E-state index contributed by atoms with van der Waals surface area (Å²) in [6.45, 7) is 2.82. The van der Waals surface area contributed by atoms with E-state index >= 15 is 0 Å². The van der Waals surface area contributed by atoms with Crippen LogP contribution in [-0.2, 0) is 10.4 Å². The highest BCUT2D eigenvalue weighted by Gasteiger charge is 2.64. The summed E-state index contributed by atoms with van der Waals surface area (Å²) in [6, 6.07) is 3.52. The zero-order valence-electron chi connectivity index (χ0n) is 17.2. The maximum absolute atomic E-state index is 13.3. The first kappa shape index (κ1) is 20.6. The Morgan fingerprint density at radius 3 is 2.33 bits per heavy atom. The van der Waals surface area contributed by atoms with E-state index in [2.05, 4.69) is 0 Å². The highest BCUT2D eigenvalue weighted by atomic mass is 16.3. The van der Waals surface area contributed by atoms with E-state index in [-0.39, 0.29) is 40.2 Å². The molecule has 0 fully saturated rings. The fourth-order valence-corrected chi connectivity index (χ4v) is 5.44. The van der Waals surface area contributed by atoms with Gasteiger partial charge in [-0.2, -0.15) is 0 Å². The molecule has 30 heavy (non-hydrogen) atoms. The van der Waals surface area contributed by atoms with Gasteiger partial charge in [-0.15, -0.1) is 0 Å². The summed E-state index contributed by atoms with van der Waals surface area (Å²) in [5.74, 6) is -4.99. The number of likely N-dealkylation sites (N-methyl/N-ethyl adjacent to an activating group) is 1. The molecule has 5 atom stereocenters. The van der Waals surface area contributed by atoms with Gasteiger partial charge in [-0.3, -0.25) is 14.5 Å². The van der Waals surface area contributed by atoms with Gasteiger partial charge in [0.2, 0.25) is 5.78 Å². The predicted molar refractivity (Wildman–Crippen MR) is 106 cm³/mol. The van der Waals surface area contributed by atoms with Gasteiger partial charge in [-0.25, -0.2) is 0 Å². The zero-order chi connectivity index (χ0) is 22.3. The number of fused-ring (bicyclic) bond motifs is 3. The lowest BCUT2D eigenvalue weighted by molar-refractivity contribution is -0.150. The molecule has 0 aromatic heterocycles. The monoisotopic (exact) mass is 415 g/mol. The standard InChI is InChI=1S/C22H25NO7/c1-9-17(25)16(23(3)4)12-8-11-15(20(28)22(12,30)19(9)27)18(26)14-10(21(11,2)29)6-5-7-13(14)24/h5-7,11-12,16,24-25,28-30H,8H2,1-4H3/t11-,12-,16-,21+,22+/m0/s1. The Morgan fingerprint density at radius 2 is 1.73 bits per heavy atom. The van der Waals surface area contributed by atoms with Gasteiger partial charge in [0.15, 0.2) is 11.4 Å². The Morgan fingerprint density at radius 1 is 1.10 bits per heavy atom. The van der Waals surface area contributed by atoms with Crippen molar-refractivity contribution in [3.8, 4) is 5.75 Å². The second kappa shape index (κ2) is 6.16. The number of carbonyl (C=O) groups excluding carboxylic acids is 2. The number of benzene rings is 1. The summed E-state index contributed by atoms with van der Waals surface area (Å²) in [4.78, 5) is 27.9. The number of aliphatic hydroxyl groups excluding tert-OH is 2. The Hall–Kier alpha value is -2.68. The number of carbonyl (C=O) groups is 2. The minimum Gasteiger partial charge on any atom is -0.510 e. The molecule has 0 unspecified atom stereocenters. The second-order valence-corrected chi connectivity index (χ2v) is 8.85. The minimum absolute atomic E-state index is 0.0460. The molecule has 1 aromatic carbocycles. The maximum atomic E-state index is 13.3. The molecule has 8 nitrogen and oxygen atoms in total. The molecule has 0 radical (unpaired) electrons. The van der Waals surface area contributed by atoms with Gasteiger partial charge >= 0.3 is 0 Å². The van der Waals surface area contributed by atoms with Crippen LogP contribution < -0.4 is 0 Å². The molecule has 0 heterocycles. The third-order valence-electron chi connectivity index (χ3n) is 7.02. The molecule has 160 valence electrons. The van der Waals surface area contributed by atoms with Gasteiger partial charge in [-0.05, 0) is 46.0 Å². The molecule has 3 aliphatic rings. The van der Waals surface area contributed by atoms with Crippen LogP contribution in [0.2, 0.25) is 0 Å². The number of hydrogen-bond donors (Lipinski definition) is 5. The molecule has 0 saturated carbocycles. The van der Waals surface area contributed by atoms with Gasteiger partial charge in [0.05, 0.1) is 17.2 Å². The van der Waals surface area contributed by atoms with Crippen LogP contribution in [0.1, 0.15) is 36.2 Å². The minimum atomic E-state index is -2.43. The van der Waals surface area contributed by atoms with Crippen LogP contribution in [-0.4, -0.2) is 67.7 Å². The van der Waals surface area contributed by atoms with Crippen LogP contribution in [0.3, 0.4) is 0 Å². The van der Waals surface area contributed by atoms with Gasteiger partial charge in [0.25, 0.3) is 0 Å². The Kier molecular flexibility index (Phi) is 4.23. The molecule has 1 aromatic rings. The van der Waals surface area contributed by atoms with Crippen molar-refractivity contribution in [3.05, 3.63) is 52.0 Å². The normalized spacial score (nSPS) is 36.0. The lowest BCUT2D eigenvalue weighted by atomic mass is 9.55. The Balaban J connectivity index is 2.03. The van der Waals surface area contributed by atoms with E-state index in [0.29, 0.717) is 0 Å². The Labute approximate surface area is 173 Å². The van der Waals surface area contributed by atoms with Gasteiger partial charge in [-0.1, -0.05) is 12.1 Å². The largest absolute Gasteiger partial charge is 0.510 e. The molecule has 0 spiro atoms. The fourth-order valence-electron chi connectivity index (χ4n) is 5.44. The quantitative estimate of drug-likeness (QED) is 0.463. The molecule has 0 saturated heterocycles. The number of aliphatic hydroxyl groups is 4. The van der Waals surface area contributed by atoms with Gasteiger partial charge in [0.1, 0.15) is 17.3 Å². The van der Waals surface area contributed by atoms with Crippen LogP contribution >= 0.6 is 0 Å². The van der Waals surface area contributed by atoms with E-state index in [0.717, 1.165) is 0 Å². The third-order valence-corrected chi connectivity index (χ3v) is 7.02. The zero-order valence-corrected chi connectivity index (χ0v) is 17.2. The van der Waals surface area contributed by atoms with Crippen molar-refractivity contribution < 1.29 is 35.1 Å². The summed E-state index contributed by atoms with van der Waals surface area (Å²) in [5.41, 5.74) is -4.43. The highest BCUT2D eigenvalue weighted by molar-refractivity contribution is 6.15.